The quantitative estimate of drug-likeness (QED) is 0.441. The number of nitrogens with zero attached hydrogens (tertiary/aromatic N) is 2. The van der Waals surface area contributed by atoms with Crippen LogP contribution in [0.5, 0.6) is 0 Å². The first-order valence-electron chi connectivity index (χ1n) is 5.41. The van der Waals surface area contributed by atoms with Gasteiger partial charge in [-0.3, -0.25) is 5.43 Å². The molecule has 0 bridgehead atoms. The fourth-order valence-corrected chi connectivity index (χ4v) is 3.32. The minimum absolute atomic E-state index is 0.253. The van der Waals surface area contributed by atoms with Crippen molar-refractivity contribution in [1.82, 2.24) is 9.97 Å². The number of rotatable bonds is 3. The van der Waals surface area contributed by atoms with Gasteiger partial charge in [-0.05, 0) is 35.7 Å². The maximum absolute atomic E-state index is 12.9. The number of fused-ring (bicyclic) bond motifs is 1. The Hall–Kier alpha value is -1.70. The van der Waals surface area contributed by atoms with E-state index in [1.807, 2.05) is 11.4 Å². The number of halogens is 1. The van der Waals surface area contributed by atoms with Gasteiger partial charge in [0.05, 0.1) is 0 Å². The van der Waals surface area contributed by atoms with Gasteiger partial charge in [0.1, 0.15) is 15.7 Å². The zero-order valence-corrected chi connectivity index (χ0v) is 11.3. The van der Waals surface area contributed by atoms with Gasteiger partial charge in [0.2, 0.25) is 5.95 Å². The van der Waals surface area contributed by atoms with E-state index < -0.39 is 0 Å². The lowest BCUT2D eigenvalue weighted by molar-refractivity contribution is 0.626. The van der Waals surface area contributed by atoms with Crippen LogP contribution >= 0.6 is 23.1 Å². The third-order valence-corrected chi connectivity index (χ3v) is 4.27. The zero-order chi connectivity index (χ0) is 13.2. The summed E-state index contributed by atoms with van der Waals surface area (Å²) >= 11 is 2.98. The van der Waals surface area contributed by atoms with Gasteiger partial charge in [-0.15, -0.1) is 11.3 Å². The standard InChI is InChI=1S/C12H9FN4S2/c13-7-1-3-8(4-2-7)19-11-9-5-6-18-10(9)15-12(16-11)17-14/h1-6H,14H2,(H,15,16,17). The Bertz CT molecular complexity index is 711. The maximum atomic E-state index is 12.9. The van der Waals surface area contributed by atoms with Crippen molar-refractivity contribution in [3.05, 3.63) is 41.5 Å². The molecule has 0 unspecified atom stereocenters. The summed E-state index contributed by atoms with van der Waals surface area (Å²) in [7, 11) is 0. The molecule has 19 heavy (non-hydrogen) atoms. The second kappa shape index (κ2) is 5.12. The largest absolute Gasteiger partial charge is 0.292 e. The average molecular weight is 292 g/mol. The van der Waals surface area contributed by atoms with Crippen molar-refractivity contribution in [2.75, 3.05) is 5.43 Å². The molecule has 0 atom stereocenters. The van der Waals surface area contributed by atoms with Crippen molar-refractivity contribution in [3.63, 3.8) is 0 Å². The van der Waals surface area contributed by atoms with E-state index in [0.717, 1.165) is 20.1 Å². The summed E-state index contributed by atoms with van der Waals surface area (Å²) in [5.74, 6) is 5.48. The first-order valence-corrected chi connectivity index (χ1v) is 7.11. The van der Waals surface area contributed by atoms with Crippen molar-refractivity contribution in [1.29, 1.82) is 0 Å². The van der Waals surface area contributed by atoms with E-state index in [0.29, 0.717) is 5.95 Å². The molecule has 3 N–H and O–H groups in total. The molecule has 3 rings (SSSR count). The number of anilines is 1. The van der Waals surface area contributed by atoms with Crippen molar-refractivity contribution in [2.24, 2.45) is 5.84 Å². The topological polar surface area (TPSA) is 63.8 Å². The molecule has 3 aromatic rings. The predicted molar refractivity (Wildman–Crippen MR) is 75.7 cm³/mol. The number of hydrogen-bond donors (Lipinski definition) is 2. The average Bonchev–Trinajstić information content (AvgIpc) is 2.89. The molecular formula is C12H9FN4S2. The zero-order valence-electron chi connectivity index (χ0n) is 9.63. The van der Waals surface area contributed by atoms with Crippen molar-refractivity contribution < 1.29 is 4.39 Å². The molecule has 0 saturated heterocycles. The minimum Gasteiger partial charge on any atom is -0.292 e. The second-order valence-corrected chi connectivity index (χ2v) is 5.65. The van der Waals surface area contributed by atoms with Crippen LogP contribution < -0.4 is 11.3 Å². The summed E-state index contributed by atoms with van der Waals surface area (Å²) in [6.07, 6.45) is 0. The second-order valence-electron chi connectivity index (χ2n) is 3.69. The molecular weight excluding hydrogens is 283 g/mol. The summed E-state index contributed by atoms with van der Waals surface area (Å²) in [6, 6.07) is 8.25. The Morgan fingerprint density at radius 1 is 1.16 bits per heavy atom. The number of benzene rings is 1. The SMILES string of the molecule is NNc1nc(Sc2ccc(F)cc2)c2ccsc2n1. The Labute approximate surface area is 116 Å². The van der Waals surface area contributed by atoms with Gasteiger partial charge in [-0.1, -0.05) is 11.8 Å². The number of hydrazine groups is 1. The third-order valence-electron chi connectivity index (χ3n) is 2.45. The van der Waals surface area contributed by atoms with Crippen LogP contribution in [-0.4, -0.2) is 9.97 Å². The van der Waals surface area contributed by atoms with E-state index in [4.69, 9.17) is 5.84 Å². The highest BCUT2D eigenvalue weighted by Gasteiger charge is 2.10. The summed E-state index contributed by atoms with van der Waals surface area (Å²) in [4.78, 5) is 10.4. The number of nitrogens with one attached hydrogen (secondary N) is 1. The minimum atomic E-state index is -0.253. The molecule has 4 nitrogen and oxygen atoms in total. The number of hydrogen-bond acceptors (Lipinski definition) is 6. The van der Waals surface area contributed by atoms with Crippen molar-refractivity contribution >= 4 is 39.3 Å². The first kappa shape index (κ1) is 12.3. The molecule has 0 amide bonds. The van der Waals surface area contributed by atoms with E-state index in [1.165, 1.54) is 35.2 Å². The van der Waals surface area contributed by atoms with Crippen LogP contribution in [0.15, 0.2) is 45.6 Å². The van der Waals surface area contributed by atoms with Crippen LogP contribution in [0.25, 0.3) is 10.2 Å². The highest BCUT2D eigenvalue weighted by molar-refractivity contribution is 7.99. The fourth-order valence-electron chi connectivity index (χ4n) is 1.58. The Morgan fingerprint density at radius 2 is 1.95 bits per heavy atom. The molecule has 96 valence electrons. The highest BCUT2D eigenvalue weighted by Crippen LogP contribution is 2.34. The molecule has 0 radical (unpaired) electrons. The molecule has 0 fully saturated rings. The lowest BCUT2D eigenvalue weighted by Crippen LogP contribution is -2.10. The first-order chi connectivity index (χ1) is 9.26. The number of nitrogen functional groups attached to an aromatic ring is 1. The Morgan fingerprint density at radius 3 is 2.68 bits per heavy atom. The summed E-state index contributed by atoms with van der Waals surface area (Å²) in [5.41, 5.74) is 2.46. The lowest BCUT2D eigenvalue weighted by Gasteiger charge is -2.05. The normalized spacial score (nSPS) is 10.8. The van der Waals surface area contributed by atoms with E-state index in [9.17, 15) is 4.39 Å². The van der Waals surface area contributed by atoms with Crippen LogP contribution in [0.4, 0.5) is 10.3 Å². The number of aromatic nitrogens is 2. The third kappa shape index (κ3) is 2.53. The van der Waals surface area contributed by atoms with Crippen molar-refractivity contribution in [2.45, 2.75) is 9.92 Å². The molecule has 0 spiro atoms. The van der Waals surface area contributed by atoms with Crippen LogP contribution in [0.3, 0.4) is 0 Å². The summed E-state index contributed by atoms with van der Waals surface area (Å²) in [5, 5.41) is 3.72. The molecule has 0 aliphatic heterocycles. The van der Waals surface area contributed by atoms with Gasteiger partial charge in [0, 0.05) is 10.3 Å². The maximum Gasteiger partial charge on any atom is 0.239 e. The van der Waals surface area contributed by atoms with Gasteiger partial charge in [0.25, 0.3) is 0 Å². The van der Waals surface area contributed by atoms with E-state index >= 15 is 0 Å². The molecule has 2 heterocycles. The summed E-state index contributed by atoms with van der Waals surface area (Å²) < 4.78 is 12.9. The van der Waals surface area contributed by atoms with E-state index in [2.05, 4.69) is 15.4 Å². The van der Waals surface area contributed by atoms with Crippen LogP contribution in [-0.2, 0) is 0 Å². The summed E-state index contributed by atoms with van der Waals surface area (Å²) in [6.45, 7) is 0. The monoisotopic (exact) mass is 292 g/mol. The molecule has 2 aromatic heterocycles. The van der Waals surface area contributed by atoms with E-state index in [1.54, 1.807) is 12.1 Å². The Balaban J connectivity index is 2.03. The number of nitrogens with two attached hydrogens (primary N) is 1. The molecule has 0 aliphatic rings. The van der Waals surface area contributed by atoms with Crippen LogP contribution in [0.1, 0.15) is 0 Å². The number of thiophene rings is 1. The highest BCUT2D eigenvalue weighted by atomic mass is 32.2. The smallest absolute Gasteiger partial charge is 0.239 e. The molecule has 0 saturated carbocycles. The van der Waals surface area contributed by atoms with Gasteiger partial charge in [0.15, 0.2) is 0 Å². The van der Waals surface area contributed by atoms with Gasteiger partial charge in [-0.25, -0.2) is 20.2 Å². The molecule has 0 aliphatic carbocycles. The fraction of sp³-hybridized carbons (Fsp3) is 0. The van der Waals surface area contributed by atoms with Gasteiger partial charge >= 0.3 is 0 Å². The van der Waals surface area contributed by atoms with Gasteiger partial charge < -0.3 is 0 Å². The predicted octanol–water partition coefficient (Wildman–Crippen LogP) is 3.27. The molecule has 7 heteroatoms. The van der Waals surface area contributed by atoms with Crippen LogP contribution in [0, 0.1) is 5.82 Å². The molecule has 1 aromatic carbocycles. The lowest BCUT2D eigenvalue weighted by atomic mass is 10.4. The Kier molecular flexibility index (Phi) is 3.33. The van der Waals surface area contributed by atoms with Crippen molar-refractivity contribution in [3.8, 4) is 0 Å². The van der Waals surface area contributed by atoms with Crippen LogP contribution in [0.2, 0.25) is 0 Å². The van der Waals surface area contributed by atoms with E-state index in [-0.39, 0.29) is 5.82 Å². The van der Waals surface area contributed by atoms with Gasteiger partial charge in [-0.2, -0.15) is 0 Å².